The molecular weight excluding hydrogens is 440 g/mol. The average Bonchev–Trinajstić information content (AvgIpc) is 2.88. The van der Waals surface area contributed by atoms with E-state index in [1.807, 2.05) is 6.07 Å². The quantitative estimate of drug-likeness (QED) is 0.614. The summed E-state index contributed by atoms with van der Waals surface area (Å²) in [6.45, 7) is 4.68. The first-order chi connectivity index (χ1) is 16.8. The van der Waals surface area contributed by atoms with Crippen molar-refractivity contribution in [3.05, 3.63) is 71.4 Å². The van der Waals surface area contributed by atoms with Gasteiger partial charge in [-0.25, -0.2) is 0 Å². The third-order valence-electron chi connectivity index (χ3n) is 7.39. The molecular formula is C29H36N2O4. The van der Waals surface area contributed by atoms with E-state index in [0.29, 0.717) is 29.5 Å². The standard InChI is InChI=1S/C29H36N2O4/c1-29(2)17-8-18-31(28(33)24-16-15-23(34-3)19-25(24)35-4)26(29)27(32)30-22-13-11-21(12-14-22)20-9-6-5-7-10-20/h5-7,9-10,13,15-16,19,21,26H,8,11-12,14,17-18H2,1-4H3,(H,30,32). The molecule has 186 valence electrons. The van der Waals surface area contributed by atoms with E-state index in [9.17, 15) is 9.59 Å². The smallest absolute Gasteiger partial charge is 0.258 e. The lowest BCUT2D eigenvalue weighted by Gasteiger charge is -2.45. The maximum absolute atomic E-state index is 13.7. The van der Waals surface area contributed by atoms with Crippen LogP contribution in [0, 0.1) is 5.41 Å². The van der Waals surface area contributed by atoms with Crippen LogP contribution in [0.2, 0.25) is 0 Å². The van der Waals surface area contributed by atoms with Gasteiger partial charge in [0.25, 0.3) is 5.91 Å². The maximum atomic E-state index is 13.7. The number of hydrogen-bond acceptors (Lipinski definition) is 4. The number of allylic oxidation sites excluding steroid dienone is 2. The van der Waals surface area contributed by atoms with Crippen LogP contribution < -0.4 is 14.8 Å². The summed E-state index contributed by atoms with van der Waals surface area (Å²) in [5.41, 5.74) is 2.39. The molecule has 2 amide bonds. The van der Waals surface area contributed by atoms with Gasteiger partial charge in [0.15, 0.2) is 0 Å². The van der Waals surface area contributed by atoms with Gasteiger partial charge in [-0.2, -0.15) is 0 Å². The van der Waals surface area contributed by atoms with Gasteiger partial charge in [0.05, 0.1) is 19.8 Å². The second kappa shape index (κ2) is 10.5. The van der Waals surface area contributed by atoms with Crippen molar-refractivity contribution < 1.29 is 19.1 Å². The summed E-state index contributed by atoms with van der Waals surface area (Å²) < 4.78 is 10.8. The van der Waals surface area contributed by atoms with E-state index < -0.39 is 6.04 Å². The average molecular weight is 477 g/mol. The molecule has 2 unspecified atom stereocenters. The highest BCUT2D eigenvalue weighted by molar-refractivity contribution is 6.00. The van der Waals surface area contributed by atoms with Gasteiger partial charge in [0.2, 0.25) is 5.91 Å². The van der Waals surface area contributed by atoms with E-state index in [0.717, 1.165) is 37.8 Å². The van der Waals surface area contributed by atoms with Gasteiger partial charge in [0.1, 0.15) is 17.5 Å². The van der Waals surface area contributed by atoms with Crippen molar-refractivity contribution in [1.82, 2.24) is 10.2 Å². The summed E-state index contributed by atoms with van der Waals surface area (Å²) in [6, 6.07) is 15.1. The second-order valence-electron chi connectivity index (χ2n) is 10.2. The number of likely N-dealkylation sites (tertiary alicyclic amines) is 1. The van der Waals surface area contributed by atoms with E-state index in [-0.39, 0.29) is 17.2 Å². The molecule has 0 saturated carbocycles. The lowest BCUT2D eigenvalue weighted by molar-refractivity contribution is -0.130. The largest absolute Gasteiger partial charge is 0.497 e. The number of methoxy groups -OCH3 is 2. The van der Waals surface area contributed by atoms with Crippen LogP contribution in [0.15, 0.2) is 60.3 Å². The Balaban J connectivity index is 1.53. The van der Waals surface area contributed by atoms with Gasteiger partial charge in [-0.15, -0.1) is 0 Å². The number of amides is 2. The first-order valence-electron chi connectivity index (χ1n) is 12.4. The van der Waals surface area contributed by atoms with Crippen LogP contribution >= 0.6 is 0 Å². The topological polar surface area (TPSA) is 67.9 Å². The highest BCUT2D eigenvalue weighted by Gasteiger charge is 2.45. The molecule has 2 atom stereocenters. The predicted octanol–water partition coefficient (Wildman–Crippen LogP) is 5.30. The Morgan fingerprint density at radius 3 is 2.49 bits per heavy atom. The molecule has 0 bridgehead atoms. The Hall–Kier alpha value is -3.28. The van der Waals surface area contributed by atoms with Crippen molar-refractivity contribution in [2.24, 2.45) is 5.41 Å². The zero-order valence-electron chi connectivity index (χ0n) is 21.2. The third kappa shape index (κ3) is 5.37. The van der Waals surface area contributed by atoms with Gasteiger partial charge in [-0.05, 0) is 61.1 Å². The minimum Gasteiger partial charge on any atom is -0.497 e. The lowest BCUT2D eigenvalue weighted by Crippen LogP contribution is -2.59. The maximum Gasteiger partial charge on any atom is 0.258 e. The number of piperidine rings is 1. The van der Waals surface area contributed by atoms with Gasteiger partial charge in [0, 0.05) is 18.3 Å². The molecule has 1 aliphatic heterocycles. The Morgan fingerprint density at radius 2 is 1.83 bits per heavy atom. The van der Waals surface area contributed by atoms with Gasteiger partial charge in [-0.1, -0.05) is 50.3 Å². The van der Waals surface area contributed by atoms with Crippen molar-refractivity contribution in [2.75, 3.05) is 20.8 Å². The minimum absolute atomic E-state index is 0.111. The summed E-state index contributed by atoms with van der Waals surface area (Å²) in [5.74, 6) is 1.23. The van der Waals surface area contributed by atoms with E-state index >= 15 is 0 Å². The van der Waals surface area contributed by atoms with E-state index in [1.54, 1.807) is 30.2 Å². The zero-order valence-corrected chi connectivity index (χ0v) is 21.2. The van der Waals surface area contributed by atoms with Crippen molar-refractivity contribution in [2.45, 2.75) is 57.9 Å². The first kappa shape index (κ1) is 24.8. The van der Waals surface area contributed by atoms with Crippen molar-refractivity contribution >= 4 is 11.8 Å². The summed E-state index contributed by atoms with van der Waals surface area (Å²) in [6.07, 6.45) is 6.59. The number of nitrogens with zero attached hydrogens (tertiary/aromatic N) is 1. The van der Waals surface area contributed by atoms with Crippen LogP contribution in [0.1, 0.15) is 67.8 Å². The molecule has 6 nitrogen and oxygen atoms in total. The number of benzene rings is 2. The first-order valence-corrected chi connectivity index (χ1v) is 12.4. The van der Waals surface area contributed by atoms with Crippen molar-refractivity contribution in [3.8, 4) is 11.5 Å². The summed E-state index contributed by atoms with van der Waals surface area (Å²) in [7, 11) is 3.11. The Kier molecular flexibility index (Phi) is 7.48. The molecule has 6 heteroatoms. The number of carbonyl (C=O) groups is 2. The van der Waals surface area contributed by atoms with Crippen LogP contribution in [-0.2, 0) is 4.79 Å². The highest BCUT2D eigenvalue weighted by atomic mass is 16.5. The molecule has 0 aromatic heterocycles. The fourth-order valence-electron chi connectivity index (χ4n) is 5.44. The van der Waals surface area contributed by atoms with Crippen LogP contribution in [0.25, 0.3) is 0 Å². The molecule has 1 fully saturated rings. The summed E-state index contributed by atoms with van der Waals surface area (Å²) >= 11 is 0. The number of carbonyl (C=O) groups excluding carboxylic acids is 2. The van der Waals surface area contributed by atoms with E-state index in [2.05, 4.69) is 49.5 Å². The van der Waals surface area contributed by atoms with Gasteiger partial charge >= 0.3 is 0 Å². The van der Waals surface area contributed by atoms with E-state index in [1.165, 1.54) is 12.7 Å². The molecule has 2 aromatic rings. The molecule has 1 heterocycles. The van der Waals surface area contributed by atoms with Crippen LogP contribution in [0.4, 0.5) is 0 Å². The Morgan fingerprint density at radius 1 is 1.06 bits per heavy atom. The molecule has 1 saturated heterocycles. The van der Waals surface area contributed by atoms with Gasteiger partial charge < -0.3 is 19.7 Å². The fraction of sp³-hybridized carbons (Fsp3) is 0.448. The van der Waals surface area contributed by atoms with Gasteiger partial charge in [-0.3, -0.25) is 9.59 Å². The molecule has 0 spiro atoms. The Labute approximate surface area is 208 Å². The molecule has 1 aliphatic carbocycles. The third-order valence-corrected chi connectivity index (χ3v) is 7.39. The minimum atomic E-state index is -0.566. The van der Waals surface area contributed by atoms with E-state index in [4.69, 9.17) is 9.47 Å². The number of rotatable bonds is 6. The fourth-order valence-corrected chi connectivity index (χ4v) is 5.44. The lowest BCUT2D eigenvalue weighted by atomic mass is 9.75. The SMILES string of the molecule is COc1ccc(C(=O)N2CCCC(C)(C)C2C(=O)NC2=CCC(c3ccccc3)CC2)c(OC)c1. The second-order valence-corrected chi connectivity index (χ2v) is 10.2. The van der Waals surface area contributed by atoms with Crippen LogP contribution in [0.5, 0.6) is 11.5 Å². The number of hydrogen-bond donors (Lipinski definition) is 1. The predicted molar refractivity (Wildman–Crippen MR) is 137 cm³/mol. The molecule has 4 rings (SSSR count). The van der Waals surface area contributed by atoms with Crippen LogP contribution in [-0.4, -0.2) is 43.5 Å². The molecule has 0 radical (unpaired) electrons. The summed E-state index contributed by atoms with van der Waals surface area (Å²) in [4.78, 5) is 29.0. The summed E-state index contributed by atoms with van der Waals surface area (Å²) in [5, 5.41) is 3.18. The molecule has 1 N–H and O–H groups in total. The zero-order chi connectivity index (χ0) is 25.0. The number of ether oxygens (including phenoxy) is 2. The molecule has 2 aliphatic rings. The number of nitrogens with one attached hydrogen (secondary N) is 1. The van der Waals surface area contributed by atoms with Crippen molar-refractivity contribution in [1.29, 1.82) is 0 Å². The highest BCUT2D eigenvalue weighted by Crippen LogP contribution is 2.38. The molecule has 35 heavy (non-hydrogen) atoms. The Bertz CT molecular complexity index is 1090. The van der Waals surface area contributed by atoms with Crippen LogP contribution in [0.3, 0.4) is 0 Å². The monoisotopic (exact) mass is 476 g/mol. The van der Waals surface area contributed by atoms with Crippen molar-refractivity contribution in [3.63, 3.8) is 0 Å². The normalized spacial score (nSPS) is 21.6. The molecule has 2 aromatic carbocycles.